The topological polar surface area (TPSA) is 26.3 Å². The maximum Gasteiger partial charge on any atom is 0.293 e. The van der Waals surface area contributed by atoms with Crippen molar-refractivity contribution < 1.29 is 9.53 Å². The lowest BCUT2D eigenvalue weighted by atomic mass is 9.93. The van der Waals surface area contributed by atoms with Crippen LogP contribution in [0, 0.1) is 0 Å². The van der Waals surface area contributed by atoms with Gasteiger partial charge in [0, 0.05) is 5.92 Å². The van der Waals surface area contributed by atoms with Gasteiger partial charge in [-0.15, -0.1) is 0 Å². The summed E-state index contributed by atoms with van der Waals surface area (Å²) in [5.41, 5.74) is 2.49. The molecule has 1 aliphatic rings. The van der Waals surface area contributed by atoms with Gasteiger partial charge < -0.3 is 4.74 Å². The largest absolute Gasteiger partial charge is 0.464 e. The summed E-state index contributed by atoms with van der Waals surface area (Å²) in [6.07, 6.45) is 4.12. The molecule has 0 saturated carbocycles. The van der Waals surface area contributed by atoms with Gasteiger partial charge in [0.05, 0.1) is 0 Å². The van der Waals surface area contributed by atoms with Gasteiger partial charge >= 0.3 is 0 Å². The molecule has 0 bridgehead atoms. The molecule has 0 heterocycles. The second-order valence-corrected chi connectivity index (χ2v) is 4.61. The van der Waals surface area contributed by atoms with Gasteiger partial charge in [-0.25, -0.2) is 0 Å². The number of carbonyl (C=O) groups is 1. The Labute approximate surface area is 106 Å². The van der Waals surface area contributed by atoms with Gasteiger partial charge in [-0.1, -0.05) is 48.6 Å². The minimum atomic E-state index is -0.124. The molecular formula is C16H14O2. The molecule has 2 unspecified atom stereocenters. The first-order valence-electron chi connectivity index (χ1n) is 6.10. The molecule has 1 aliphatic carbocycles. The van der Waals surface area contributed by atoms with E-state index in [-0.39, 0.29) is 12.0 Å². The Morgan fingerprint density at radius 3 is 2.89 bits per heavy atom. The first-order valence-corrected chi connectivity index (χ1v) is 6.10. The molecule has 0 N–H and O–H groups in total. The zero-order chi connectivity index (χ0) is 12.5. The fourth-order valence-corrected chi connectivity index (χ4v) is 2.67. The smallest absolute Gasteiger partial charge is 0.293 e. The summed E-state index contributed by atoms with van der Waals surface area (Å²) in [4.78, 5) is 10.5. The highest BCUT2D eigenvalue weighted by Crippen LogP contribution is 2.37. The maximum atomic E-state index is 10.5. The Bertz CT molecular complexity index is 628. The molecule has 2 aromatic rings. The highest BCUT2D eigenvalue weighted by molar-refractivity contribution is 5.93. The molecule has 2 heteroatoms. The molecule has 0 radical (unpaired) electrons. The van der Waals surface area contributed by atoms with Crippen molar-refractivity contribution in [3.05, 3.63) is 53.6 Å². The highest BCUT2D eigenvalue weighted by Gasteiger charge is 2.24. The number of hydrogen-bond acceptors (Lipinski definition) is 2. The molecule has 0 fully saturated rings. The first-order chi connectivity index (χ1) is 8.81. The molecule has 18 heavy (non-hydrogen) atoms. The Kier molecular flexibility index (Phi) is 2.63. The second kappa shape index (κ2) is 4.30. The summed E-state index contributed by atoms with van der Waals surface area (Å²) in [5.74, 6) is 0.162. The van der Waals surface area contributed by atoms with E-state index in [4.69, 9.17) is 4.74 Å². The van der Waals surface area contributed by atoms with Crippen molar-refractivity contribution in [2.24, 2.45) is 0 Å². The maximum absolute atomic E-state index is 10.5. The summed E-state index contributed by atoms with van der Waals surface area (Å²) in [7, 11) is 0. The van der Waals surface area contributed by atoms with Gasteiger partial charge in [0.1, 0.15) is 6.10 Å². The molecule has 2 aromatic carbocycles. The Morgan fingerprint density at radius 2 is 2.06 bits per heavy atom. The van der Waals surface area contributed by atoms with Crippen LogP contribution in [0.4, 0.5) is 0 Å². The summed E-state index contributed by atoms with van der Waals surface area (Å²) >= 11 is 0. The average molecular weight is 238 g/mol. The lowest BCUT2D eigenvalue weighted by molar-refractivity contribution is -0.133. The fourth-order valence-electron chi connectivity index (χ4n) is 2.67. The summed E-state index contributed by atoms with van der Waals surface area (Å²) in [6, 6.07) is 12.6. The van der Waals surface area contributed by atoms with E-state index in [0.29, 0.717) is 6.47 Å². The first kappa shape index (κ1) is 11.0. The SMILES string of the molecule is CC(OC=O)C1C=Cc2c1ccc1ccccc21. The lowest BCUT2D eigenvalue weighted by Crippen LogP contribution is -2.15. The number of rotatable bonds is 3. The number of fused-ring (bicyclic) bond motifs is 3. The van der Waals surface area contributed by atoms with Crippen LogP contribution in [0.15, 0.2) is 42.5 Å². The van der Waals surface area contributed by atoms with Crippen LogP contribution in [-0.2, 0) is 9.53 Å². The standard InChI is InChI=1S/C16H14O2/c1-11(18-10-17)13-8-9-16-14-5-3-2-4-12(14)6-7-15(13)16/h2-11,13H,1H3. The summed E-state index contributed by atoms with van der Waals surface area (Å²) in [5, 5.41) is 2.50. The third kappa shape index (κ3) is 1.61. The van der Waals surface area contributed by atoms with Crippen LogP contribution in [-0.4, -0.2) is 12.6 Å². The normalized spacial score (nSPS) is 18.6. The number of hydrogen-bond donors (Lipinski definition) is 0. The van der Waals surface area contributed by atoms with Gasteiger partial charge in [-0.3, -0.25) is 4.79 Å². The van der Waals surface area contributed by atoms with Crippen molar-refractivity contribution >= 4 is 23.3 Å². The molecule has 90 valence electrons. The van der Waals surface area contributed by atoms with Gasteiger partial charge in [0.2, 0.25) is 0 Å². The summed E-state index contributed by atoms with van der Waals surface area (Å²) < 4.78 is 5.06. The van der Waals surface area contributed by atoms with Gasteiger partial charge in [0.25, 0.3) is 6.47 Å². The molecular weight excluding hydrogens is 224 g/mol. The van der Waals surface area contributed by atoms with Crippen LogP contribution < -0.4 is 0 Å². The number of carbonyl (C=O) groups excluding carboxylic acids is 1. The average Bonchev–Trinajstić information content (AvgIpc) is 2.83. The Morgan fingerprint density at radius 1 is 1.22 bits per heavy atom. The van der Waals surface area contributed by atoms with Crippen LogP contribution in [0.25, 0.3) is 16.8 Å². The van der Waals surface area contributed by atoms with Crippen molar-refractivity contribution in [3.8, 4) is 0 Å². The predicted octanol–water partition coefficient (Wildman–Crippen LogP) is 3.51. The van der Waals surface area contributed by atoms with E-state index in [0.717, 1.165) is 0 Å². The Hall–Kier alpha value is -2.09. The van der Waals surface area contributed by atoms with Crippen molar-refractivity contribution in [2.45, 2.75) is 18.9 Å². The van der Waals surface area contributed by atoms with E-state index in [9.17, 15) is 4.79 Å². The lowest BCUT2D eigenvalue weighted by Gasteiger charge is -2.18. The molecule has 0 aliphatic heterocycles. The minimum absolute atomic E-state index is 0.124. The van der Waals surface area contributed by atoms with Crippen LogP contribution in [0.3, 0.4) is 0 Å². The molecule has 0 saturated heterocycles. The van der Waals surface area contributed by atoms with E-state index < -0.39 is 0 Å². The molecule has 0 aromatic heterocycles. The van der Waals surface area contributed by atoms with Crippen LogP contribution >= 0.6 is 0 Å². The zero-order valence-electron chi connectivity index (χ0n) is 10.2. The molecule has 0 amide bonds. The van der Waals surface area contributed by atoms with E-state index in [1.165, 1.54) is 21.9 Å². The van der Waals surface area contributed by atoms with E-state index in [1.807, 2.05) is 13.0 Å². The quantitative estimate of drug-likeness (QED) is 0.765. The predicted molar refractivity (Wildman–Crippen MR) is 72.3 cm³/mol. The number of ether oxygens (including phenoxy) is 1. The van der Waals surface area contributed by atoms with Gasteiger partial charge in [0.15, 0.2) is 0 Å². The van der Waals surface area contributed by atoms with Gasteiger partial charge in [-0.2, -0.15) is 0 Å². The molecule has 2 nitrogen and oxygen atoms in total. The third-order valence-electron chi connectivity index (χ3n) is 3.61. The molecule has 0 spiro atoms. The van der Waals surface area contributed by atoms with Crippen LogP contribution in [0.5, 0.6) is 0 Å². The van der Waals surface area contributed by atoms with Crippen molar-refractivity contribution in [1.29, 1.82) is 0 Å². The third-order valence-corrected chi connectivity index (χ3v) is 3.61. The van der Waals surface area contributed by atoms with E-state index in [1.54, 1.807) is 0 Å². The molecule has 3 rings (SSSR count). The van der Waals surface area contributed by atoms with Crippen LogP contribution in [0.1, 0.15) is 24.0 Å². The van der Waals surface area contributed by atoms with Crippen LogP contribution in [0.2, 0.25) is 0 Å². The minimum Gasteiger partial charge on any atom is -0.464 e. The fraction of sp³-hybridized carbons (Fsp3) is 0.188. The van der Waals surface area contributed by atoms with Crippen molar-refractivity contribution in [2.75, 3.05) is 0 Å². The second-order valence-electron chi connectivity index (χ2n) is 4.61. The van der Waals surface area contributed by atoms with E-state index in [2.05, 4.69) is 42.5 Å². The number of benzene rings is 2. The zero-order valence-corrected chi connectivity index (χ0v) is 10.2. The van der Waals surface area contributed by atoms with Gasteiger partial charge in [-0.05, 0) is 28.8 Å². The van der Waals surface area contributed by atoms with E-state index >= 15 is 0 Å². The molecule has 2 atom stereocenters. The highest BCUT2D eigenvalue weighted by atomic mass is 16.5. The van der Waals surface area contributed by atoms with Crippen molar-refractivity contribution in [3.63, 3.8) is 0 Å². The monoisotopic (exact) mass is 238 g/mol. The van der Waals surface area contributed by atoms with Crippen molar-refractivity contribution in [1.82, 2.24) is 0 Å². The Balaban J connectivity index is 2.10. The summed E-state index contributed by atoms with van der Waals surface area (Å²) in [6.45, 7) is 2.45.